The van der Waals surface area contributed by atoms with Crippen LogP contribution < -0.4 is 10.6 Å². The molecule has 2 amide bonds. The first kappa shape index (κ1) is 16.0. The number of benzene rings is 1. The maximum atomic E-state index is 12.2. The molecule has 0 aromatic heterocycles. The molecule has 1 aromatic carbocycles. The first-order valence-corrected chi connectivity index (χ1v) is 8.79. The molecule has 2 bridgehead atoms. The number of nitrogens with one attached hydrogen (secondary N) is 2. The predicted octanol–water partition coefficient (Wildman–Crippen LogP) is 2.88. The maximum absolute atomic E-state index is 12.2. The summed E-state index contributed by atoms with van der Waals surface area (Å²) in [6, 6.07) is 7.46. The van der Waals surface area contributed by atoms with Gasteiger partial charge in [-0.15, -0.1) is 0 Å². The third-order valence-corrected chi connectivity index (χ3v) is 5.35. The second kappa shape index (κ2) is 7.16. The summed E-state index contributed by atoms with van der Waals surface area (Å²) in [4.78, 5) is 24.0. The van der Waals surface area contributed by atoms with E-state index >= 15 is 0 Å². The van der Waals surface area contributed by atoms with Gasteiger partial charge in [0, 0.05) is 25.1 Å². The van der Waals surface area contributed by atoms with Crippen molar-refractivity contribution in [2.45, 2.75) is 45.6 Å². The Morgan fingerprint density at radius 1 is 1.17 bits per heavy atom. The van der Waals surface area contributed by atoms with Crippen molar-refractivity contribution in [1.29, 1.82) is 0 Å². The Labute approximate surface area is 138 Å². The first-order valence-electron chi connectivity index (χ1n) is 8.79. The van der Waals surface area contributed by atoms with Crippen molar-refractivity contribution < 1.29 is 9.59 Å². The van der Waals surface area contributed by atoms with Crippen molar-refractivity contribution in [1.82, 2.24) is 10.6 Å². The van der Waals surface area contributed by atoms with Gasteiger partial charge >= 0.3 is 0 Å². The SMILES string of the molecule is CCNC(=O)c1cccc(CNC(=O)C[C@@H]2C[C@@H]3CC[C@@H]2C3)c1. The fourth-order valence-electron chi connectivity index (χ4n) is 4.22. The monoisotopic (exact) mass is 314 g/mol. The summed E-state index contributed by atoms with van der Waals surface area (Å²) in [5.41, 5.74) is 1.61. The molecule has 3 atom stereocenters. The van der Waals surface area contributed by atoms with Crippen LogP contribution in [0, 0.1) is 17.8 Å². The van der Waals surface area contributed by atoms with Crippen molar-refractivity contribution in [3.63, 3.8) is 0 Å². The van der Waals surface area contributed by atoms with Gasteiger partial charge in [0.15, 0.2) is 0 Å². The topological polar surface area (TPSA) is 58.2 Å². The van der Waals surface area contributed by atoms with Gasteiger partial charge in [0.1, 0.15) is 0 Å². The van der Waals surface area contributed by atoms with Gasteiger partial charge < -0.3 is 10.6 Å². The van der Waals surface area contributed by atoms with Crippen molar-refractivity contribution in [2.75, 3.05) is 6.54 Å². The molecule has 4 nitrogen and oxygen atoms in total. The highest BCUT2D eigenvalue weighted by Gasteiger charge is 2.39. The lowest BCUT2D eigenvalue weighted by Crippen LogP contribution is -2.27. The van der Waals surface area contributed by atoms with Gasteiger partial charge in [0.05, 0.1) is 0 Å². The van der Waals surface area contributed by atoms with Crippen LogP contribution in [0.2, 0.25) is 0 Å². The number of hydrogen-bond acceptors (Lipinski definition) is 2. The molecule has 0 aliphatic heterocycles. The third-order valence-electron chi connectivity index (χ3n) is 5.35. The average Bonchev–Trinajstić information content (AvgIpc) is 3.16. The highest BCUT2D eigenvalue weighted by atomic mass is 16.2. The second-order valence-electron chi connectivity index (χ2n) is 6.98. The van der Waals surface area contributed by atoms with E-state index in [9.17, 15) is 9.59 Å². The molecule has 2 saturated carbocycles. The van der Waals surface area contributed by atoms with E-state index in [2.05, 4.69) is 10.6 Å². The molecular weight excluding hydrogens is 288 g/mol. The number of carbonyl (C=O) groups is 2. The summed E-state index contributed by atoms with van der Waals surface area (Å²) in [7, 11) is 0. The number of rotatable bonds is 6. The molecule has 0 heterocycles. The van der Waals surface area contributed by atoms with E-state index in [1.807, 2.05) is 25.1 Å². The van der Waals surface area contributed by atoms with Crippen LogP contribution in [0.15, 0.2) is 24.3 Å². The average molecular weight is 314 g/mol. The lowest BCUT2D eigenvalue weighted by molar-refractivity contribution is -0.122. The summed E-state index contributed by atoms with van der Waals surface area (Å²) in [6.45, 7) is 3.01. The number of amides is 2. The number of carbonyl (C=O) groups excluding carboxylic acids is 2. The van der Waals surface area contributed by atoms with E-state index < -0.39 is 0 Å². The summed E-state index contributed by atoms with van der Waals surface area (Å²) >= 11 is 0. The van der Waals surface area contributed by atoms with Crippen LogP contribution in [0.5, 0.6) is 0 Å². The molecule has 1 aromatic rings. The standard InChI is InChI=1S/C19H26N2O2/c1-2-20-19(23)16-5-3-4-14(10-16)12-21-18(22)11-17-9-13-6-7-15(17)8-13/h3-5,10,13,15,17H,2,6-9,11-12H2,1H3,(H,20,23)(H,21,22)/t13-,15-,17+/m1/s1. The van der Waals surface area contributed by atoms with E-state index in [0.717, 1.165) is 17.4 Å². The van der Waals surface area contributed by atoms with Gasteiger partial charge in [-0.2, -0.15) is 0 Å². The van der Waals surface area contributed by atoms with Crippen LogP contribution in [0.4, 0.5) is 0 Å². The van der Waals surface area contributed by atoms with Crippen LogP contribution in [0.1, 0.15) is 54.9 Å². The molecule has 2 fully saturated rings. The van der Waals surface area contributed by atoms with Crippen molar-refractivity contribution >= 4 is 11.8 Å². The van der Waals surface area contributed by atoms with Crippen LogP contribution in [0.25, 0.3) is 0 Å². The molecule has 0 spiro atoms. The van der Waals surface area contributed by atoms with Crippen LogP contribution in [-0.2, 0) is 11.3 Å². The smallest absolute Gasteiger partial charge is 0.251 e. The molecule has 0 saturated heterocycles. The molecule has 23 heavy (non-hydrogen) atoms. The maximum Gasteiger partial charge on any atom is 0.251 e. The molecule has 3 rings (SSSR count). The zero-order chi connectivity index (χ0) is 16.2. The highest BCUT2D eigenvalue weighted by Crippen LogP contribution is 2.49. The Kier molecular flexibility index (Phi) is 4.99. The van der Waals surface area contributed by atoms with Gasteiger partial charge in [0.25, 0.3) is 5.91 Å². The Morgan fingerprint density at radius 3 is 2.74 bits per heavy atom. The number of fused-ring (bicyclic) bond motifs is 2. The molecular formula is C19H26N2O2. The zero-order valence-corrected chi connectivity index (χ0v) is 13.8. The normalized spacial score (nSPS) is 25.3. The van der Waals surface area contributed by atoms with Gasteiger partial charge in [-0.1, -0.05) is 18.6 Å². The van der Waals surface area contributed by atoms with Crippen LogP contribution in [0.3, 0.4) is 0 Å². The Balaban J connectivity index is 1.49. The zero-order valence-electron chi connectivity index (χ0n) is 13.8. The van der Waals surface area contributed by atoms with Gasteiger partial charge in [-0.3, -0.25) is 9.59 Å². The molecule has 4 heteroatoms. The van der Waals surface area contributed by atoms with E-state index in [0.29, 0.717) is 31.0 Å². The first-order chi connectivity index (χ1) is 11.2. The minimum atomic E-state index is -0.0670. The molecule has 0 radical (unpaired) electrons. The summed E-state index contributed by atoms with van der Waals surface area (Å²) in [6.07, 6.45) is 5.93. The molecule has 2 N–H and O–H groups in total. The number of hydrogen-bond donors (Lipinski definition) is 2. The third kappa shape index (κ3) is 3.92. The lowest BCUT2D eigenvalue weighted by Gasteiger charge is -2.20. The van der Waals surface area contributed by atoms with Crippen LogP contribution >= 0.6 is 0 Å². The fraction of sp³-hybridized carbons (Fsp3) is 0.579. The van der Waals surface area contributed by atoms with E-state index in [-0.39, 0.29) is 11.8 Å². The van der Waals surface area contributed by atoms with Crippen molar-refractivity contribution in [3.8, 4) is 0 Å². The van der Waals surface area contributed by atoms with E-state index in [4.69, 9.17) is 0 Å². The summed E-state index contributed by atoms with van der Waals surface area (Å²) < 4.78 is 0. The highest BCUT2D eigenvalue weighted by molar-refractivity contribution is 5.94. The van der Waals surface area contributed by atoms with Crippen molar-refractivity contribution in [2.24, 2.45) is 17.8 Å². The summed E-state index contributed by atoms with van der Waals surface area (Å²) in [5.74, 6) is 2.34. The minimum absolute atomic E-state index is 0.0670. The Hall–Kier alpha value is -1.84. The molecule has 2 aliphatic carbocycles. The molecule has 124 valence electrons. The Bertz CT molecular complexity index is 584. The molecule has 0 unspecified atom stereocenters. The predicted molar refractivity (Wildman–Crippen MR) is 89.9 cm³/mol. The fourth-order valence-corrected chi connectivity index (χ4v) is 4.22. The van der Waals surface area contributed by atoms with Crippen LogP contribution in [-0.4, -0.2) is 18.4 Å². The van der Waals surface area contributed by atoms with E-state index in [1.54, 1.807) is 6.07 Å². The van der Waals surface area contributed by atoms with Gasteiger partial charge in [-0.05, 0) is 61.6 Å². The summed E-state index contributed by atoms with van der Waals surface area (Å²) in [5, 5.41) is 5.80. The van der Waals surface area contributed by atoms with Gasteiger partial charge in [-0.25, -0.2) is 0 Å². The van der Waals surface area contributed by atoms with Crippen molar-refractivity contribution in [3.05, 3.63) is 35.4 Å². The lowest BCUT2D eigenvalue weighted by atomic mass is 9.86. The molecule has 2 aliphatic rings. The van der Waals surface area contributed by atoms with Gasteiger partial charge in [0.2, 0.25) is 5.91 Å². The largest absolute Gasteiger partial charge is 0.352 e. The Morgan fingerprint density at radius 2 is 2.04 bits per heavy atom. The van der Waals surface area contributed by atoms with E-state index in [1.165, 1.54) is 25.7 Å². The second-order valence-corrected chi connectivity index (χ2v) is 6.98. The quantitative estimate of drug-likeness (QED) is 0.848. The minimum Gasteiger partial charge on any atom is -0.352 e.